The van der Waals surface area contributed by atoms with Crippen LogP contribution in [0.2, 0.25) is 0 Å². The van der Waals surface area contributed by atoms with Crippen molar-refractivity contribution in [3.05, 3.63) is 58.4 Å². The molecule has 1 fully saturated rings. The van der Waals surface area contributed by atoms with E-state index in [4.69, 9.17) is 4.74 Å². The van der Waals surface area contributed by atoms with Gasteiger partial charge >= 0.3 is 5.97 Å². The molecule has 3 atom stereocenters. The summed E-state index contributed by atoms with van der Waals surface area (Å²) in [6.07, 6.45) is 4.48. The van der Waals surface area contributed by atoms with Crippen LogP contribution in [0, 0.1) is 23.7 Å². The molecule has 1 aromatic carbocycles. The quantitative estimate of drug-likeness (QED) is 0.458. The Bertz CT molecular complexity index is 1200. The normalized spacial score (nSPS) is 19.3. The van der Waals surface area contributed by atoms with E-state index >= 15 is 0 Å². The zero-order valence-corrected chi connectivity index (χ0v) is 21.4. The maximum absolute atomic E-state index is 12.2. The molecule has 1 N–H and O–H groups in total. The number of pyridine rings is 1. The molecule has 6 nitrogen and oxygen atoms in total. The number of carbonyl (C=O) groups is 1. The summed E-state index contributed by atoms with van der Waals surface area (Å²) in [4.78, 5) is 22.1. The number of piperidine rings is 1. The number of thiophene rings is 1. The zero-order chi connectivity index (χ0) is 24.8. The predicted molar refractivity (Wildman–Crippen MR) is 141 cm³/mol. The Hall–Kier alpha value is -2.92. The summed E-state index contributed by atoms with van der Waals surface area (Å²) in [5, 5.41) is 13.1. The van der Waals surface area contributed by atoms with E-state index in [9.17, 15) is 9.90 Å². The van der Waals surface area contributed by atoms with E-state index in [1.807, 2.05) is 41.9 Å². The highest BCUT2D eigenvalue weighted by atomic mass is 32.1. The third-order valence-corrected chi connectivity index (χ3v) is 7.75. The molecule has 0 radical (unpaired) electrons. The lowest BCUT2D eigenvalue weighted by Crippen LogP contribution is -2.44. The summed E-state index contributed by atoms with van der Waals surface area (Å²) in [5.41, 5.74) is 2.14. The number of aliphatic carboxylic acids is 1. The van der Waals surface area contributed by atoms with E-state index in [2.05, 4.69) is 46.8 Å². The number of aromatic nitrogens is 1. The minimum atomic E-state index is -0.702. The second-order valence-corrected chi connectivity index (χ2v) is 10.3. The number of likely N-dealkylation sites (tertiary alicyclic amines) is 1. The van der Waals surface area contributed by atoms with Gasteiger partial charge in [0.2, 0.25) is 0 Å². The van der Waals surface area contributed by atoms with Gasteiger partial charge in [0.1, 0.15) is 5.75 Å². The molecule has 0 unspecified atom stereocenters. The second-order valence-electron chi connectivity index (χ2n) is 9.35. The molecule has 0 bridgehead atoms. The first-order valence-corrected chi connectivity index (χ1v) is 12.9. The first-order chi connectivity index (χ1) is 17.0. The number of hydrogen-bond donors (Lipinski definition) is 1. The van der Waals surface area contributed by atoms with E-state index in [-0.39, 0.29) is 17.9 Å². The number of rotatable bonds is 8. The highest BCUT2D eigenvalue weighted by molar-refractivity contribution is 7.10. The van der Waals surface area contributed by atoms with E-state index in [0.29, 0.717) is 13.1 Å². The Morgan fingerprint density at radius 1 is 1.34 bits per heavy atom. The van der Waals surface area contributed by atoms with Crippen molar-refractivity contribution in [2.24, 2.45) is 11.8 Å². The average Bonchev–Trinajstić information content (AvgIpc) is 3.37. The van der Waals surface area contributed by atoms with Crippen molar-refractivity contribution in [2.75, 3.05) is 40.8 Å². The fourth-order valence-electron chi connectivity index (χ4n) is 5.05. The van der Waals surface area contributed by atoms with Crippen LogP contribution in [0.1, 0.15) is 35.7 Å². The van der Waals surface area contributed by atoms with Crippen molar-refractivity contribution in [3.63, 3.8) is 0 Å². The van der Waals surface area contributed by atoms with Crippen molar-refractivity contribution in [3.8, 4) is 17.6 Å². The van der Waals surface area contributed by atoms with Crippen LogP contribution in [0.15, 0.2) is 48.0 Å². The van der Waals surface area contributed by atoms with Gasteiger partial charge in [-0.05, 0) is 87.1 Å². The number of hydrogen-bond acceptors (Lipinski definition) is 6. The first-order valence-electron chi connectivity index (χ1n) is 12.0. The molecule has 7 heteroatoms. The molecule has 1 aliphatic heterocycles. The highest BCUT2D eigenvalue weighted by Crippen LogP contribution is 2.35. The number of ether oxygens (including phenoxy) is 1. The maximum Gasteiger partial charge on any atom is 0.308 e. The van der Waals surface area contributed by atoms with Gasteiger partial charge in [0.05, 0.1) is 30.0 Å². The number of fused-ring (bicyclic) bond motifs is 1. The van der Waals surface area contributed by atoms with Crippen molar-refractivity contribution >= 4 is 28.2 Å². The molecule has 3 aromatic rings. The van der Waals surface area contributed by atoms with Crippen molar-refractivity contribution in [1.82, 2.24) is 14.8 Å². The first kappa shape index (κ1) is 25.2. The highest BCUT2D eigenvalue weighted by Gasteiger charge is 2.34. The molecule has 0 saturated carbocycles. The van der Waals surface area contributed by atoms with Gasteiger partial charge in [0.15, 0.2) is 0 Å². The van der Waals surface area contributed by atoms with Gasteiger partial charge in [-0.2, -0.15) is 0 Å². The third kappa shape index (κ3) is 6.21. The van der Waals surface area contributed by atoms with Crippen molar-refractivity contribution in [1.29, 1.82) is 0 Å². The fraction of sp³-hybridized carbons (Fsp3) is 0.429. The maximum atomic E-state index is 12.2. The summed E-state index contributed by atoms with van der Waals surface area (Å²) in [7, 11) is 5.84. The Labute approximate surface area is 211 Å². The minimum absolute atomic E-state index is 0.152. The van der Waals surface area contributed by atoms with Crippen molar-refractivity contribution < 1.29 is 14.6 Å². The Kier molecular flexibility index (Phi) is 8.40. The Balaban J connectivity index is 1.45. The van der Waals surface area contributed by atoms with Crippen LogP contribution >= 0.6 is 11.3 Å². The molecule has 1 saturated heterocycles. The van der Waals surface area contributed by atoms with Gasteiger partial charge < -0.3 is 14.7 Å². The topological polar surface area (TPSA) is 65.9 Å². The van der Waals surface area contributed by atoms with Crippen molar-refractivity contribution in [2.45, 2.75) is 25.3 Å². The van der Waals surface area contributed by atoms with Gasteiger partial charge in [0.25, 0.3) is 0 Å². The SMILES string of the molecule is COc1ccc2nccc([C@@H](CC[C@@H]3CCN(CC#Cc4cccs4)C[C@@H]3C(=O)O)N(C)C)c2c1. The Morgan fingerprint density at radius 2 is 2.20 bits per heavy atom. The predicted octanol–water partition coefficient (Wildman–Crippen LogP) is 4.76. The molecule has 0 spiro atoms. The van der Waals surface area contributed by atoms with Crippen LogP contribution in [0.4, 0.5) is 0 Å². The summed E-state index contributed by atoms with van der Waals surface area (Å²) in [5.74, 6) is 6.28. The fourth-order valence-corrected chi connectivity index (χ4v) is 5.65. The molecule has 1 aliphatic rings. The van der Waals surface area contributed by atoms with E-state index in [1.165, 1.54) is 5.56 Å². The largest absolute Gasteiger partial charge is 0.497 e. The molecule has 3 heterocycles. The number of methoxy groups -OCH3 is 1. The Morgan fingerprint density at radius 3 is 2.91 bits per heavy atom. The summed E-state index contributed by atoms with van der Waals surface area (Å²) < 4.78 is 5.45. The second kappa shape index (κ2) is 11.7. The standard InChI is InChI=1S/C28H33N3O3S/c1-30(2)27(23-12-14-29-26-10-9-21(34-3)18-24(23)26)11-8-20-13-16-31(19-25(20)28(32)33)15-4-6-22-7-5-17-35-22/h5,7,9-10,12,14,17-18,20,25,27H,8,11,13,15-16,19H2,1-3H3,(H,32,33)/t20-,25+,27-/m1/s1. The molecule has 35 heavy (non-hydrogen) atoms. The third-order valence-electron chi connectivity index (χ3n) is 6.97. The molecule has 4 rings (SSSR count). The minimum Gasteiger partial charge on any atom is -0.497 e. The summed E-state index contributed by atoms with van der Waals surface area (Å²) >= 11 is 1.63. The van der Waals surface area contributed by atoms with E-state index in [1.54, 1.807) is 18.4 Å². The molecular weight excluding hydrogens is 458 g/mol. The van der Waals surface area contributed by atoms with Gasteiger partial charge in [-0.15, -0.1) is 11.3 Å². The van der Waals surface area contributed by atoms with Gasteiger partial charge in [-0.25, -0.2) is 0 Å². The lowest BCUT2D eigenvalue weighted by Gasteiger charge is -2.37. The zero-order valence-electron chi connectivity index (χ0n) is 20.6. The summed E-state index contributed by atoms with van der Waals surface area (Å²) in [6.45, 7) is 2.05. The molecule has 0 aliphatic carbocycles. The molecule has 2 aromatic heterocycles. The van der Waals surface area contributed by atoms with Crippen LogP contribution in [0.25, 0.3) is 10.9 Å². The van der Waals surface area contributed by atoms with Crippen LogP contribution < -0.4 is 4.74 Å². The number of carboxylic acids is 1. The lowest BCUT2D eigenvalue weighted by atomic mass is 9.80. The molecule has 184 valence electrons. The molecular formula is C28H33N3O3S. The van der Waals surface area contributed by atoms with E-state index < -0.39 is 5.97 Å². The summed E-state index contributed by atoms with van der Waals surface area (Å²) in [6, 6.07) is 12.2. The van der Waals surface area contributed by atoms with Crippen LogP contribution in [-0.2, 0) is 4.79 Å². The molecule has 0 amide bonds. The number of nitrogens with zero attached hydrogens (tertiary/aromatic N) is 3. The van der Waals surface area contributed by atoms with Crippen LogP contribution in [0.5, 0.6) is 5.75 Å². The van der Waals surface area contributed by atoms with Crippen LogP contribution in [-0.4, -0.2) is 66.7 Å². The van der Waals surface area contributed by atoms with Gasteiger partial charge in [0, 0.05) is 24.2 Å². The smallest absolute Gasteiger partial charge is 0.308 e. The lowest BCUT2D eigenvalue weighted by molar-refractivity contribution is -0.146. The van der Waals surface area contributed by atoms with Gasteiger partial charge in [-0.1, -0.05) is 17.9 Å². The number of benzene rings is 1. The number of carboxylic acid groups (broad SMARTS) is 1. The van der Waals surface area contributed by atoms with Crippen LogP contribution in [0.3, 0.4) is 0 Å². The average molecular weight is 492 g/mol. The van der Waals surface area contributed by atoms with Gasteiger partial charge in [-0.3, -0.25) is 14.7 Å². The monoisotopic (exact) mass is 491 g/mol. The van der Waals surface area contributed by atoms with E-state index in [0.717, 1.165) is 47.3 Å².